The number of rotatable bonds is 7. The second-order valence-electron chi connectivity index (χ2n) is 9.31. The standard InChI is InChI=1S/C28H21F3N6O4/c1-16(2)17-5-7-18(8-6-17)24-13-25(28(29,30)31)36-26(35-24)23(15-33-36)27(38)34-19-10-20(37(39)40)12-22(11-19)41-21-4-3-9-32-14-21/h3-16H,1-2H3,(H,34,38). The maximum atomic E-state index is 14.0. The molecule has 3 aromatic heterocycles. The van der Waals surface area contributed by atoms with Crippen LogP contribution in [0.25, 0.3) is 16.9 Å². The third-order valence-corrected chi connectivity index (χ3v) is 6.11. The zero-order chi connectivity index (χ0) is 29.3. The average molecular weight is 563 g/mol. The monoisotopic (exact) mass is 562 g/mol. The van der Waals surface area contributed by atoms with Crippen molar-refractivity contribution in [1.82, 2.24) is 19.6 Å². The summed E-state index contributed by atoms with van der Waals surface area (Å²) in [7, 11) is 0. The topological polar surface area (TPSA) is 125 Å². The van der Waals surface area contributed by atoms with E-state index < -0.39 is 22.7 Å². The molecule has 0 aliphatic rings. The van der Waals surface area contributed by atoms with E-state index in [-0.39, 0.29) is 39.9 Å². The van der Waals surface area contributed by atoms with Crippen LogP contribution in [0.1, 0.15) is 41.4 Å². The van der Waals surface area contributed by atoms with Crippen LogP contribution in [0.5, 0.6) is 11.5 Å². The lowest BCUT2D eigenvalue weighted by Gasteiger charge is -2.12. The molecule has 5 aromatic rings. The number of alkyl halides is 3. The Morgan fingerprint density at radius 3 is 2.44 bits per heavy atom. The molecule has 0 saturated carbocycles. The number of nitrogens with one attached hydrogen (secondary N) is 1. The molecule has 5 rings (SSSR count). The molecule has 0 unspecified atom stereocenters. The van der Waals surface area contributed by atoms with Crippen LogP contribution in [0.15, 0.2) is 79.3 Å². The number of benzene rings is 2. The molecule has 2 aromatic carbocycles. The van der Waals surface area contributed by atoms with Gasteiger partial charge in [-0.3, -0.25) is 19.9 Å². The van der Waals surface area contributed by atoms with E-state index in [0.29, 0.717) is 15.8 Å². The second-order valence-corrected chi connectivity index (χ2v) is 9.31. The van der Waals surface area contributed by atoms with Gasteiger partial charge in [-0.2, -0.15) is 18.3 Å². The molecule has 0 aliphatic heterocycles. The Hall–Kier alpha value is -5.33. The molecule has 0 saturated heterocycles. The van der Waals surface area contributed by atoms with Gasteiger partial charge < -0.3 is 10.1 Å². The smallest absolute Gasteiger partial charge is 0.433 e. The first-order chi connectivity index (χ1) is 19.5. The molecule has 3 heterocycles. The van der Waals surface area contributed by atoms with Crippen molar-refractivity contribution in [2.24, 2.45) is 0 Å². The molecule has 0 bridgehead atoms. The van der Waals surface area contributed by atoms with Crippen LogP contribution in [0, 0.1) is 10.1 Å². The van der Waals surface area contributed by atoms with E-state index in [4.69, 9.17) is 4.74 Å². The molecule has 208 valence electrons. The third kappa shape index (κ3) is 5.83. The Morgan fingerprint density at radius 2 is 1.80 bits per heavy atom. The Kier molecular flexibility index (Phi) is 7.10. The number of hydrogen-bond donors (Lipinski definition) is 1. The van der Waals surface area contributed by atoms with Crippen LogP contribution in [-0.2, 0) is 6.18 Å². The van der Waals surface area contributed by atoms with E-state index in [1.54, 1.807) is 36.4 Å². The molecule has 10 nitrogen and oxygen atoms in total. The molecule has 0 spiro atoms. The number of aromatic nitrogens is 4. The van der Waals surface area contributed by atoms with Crippen LogP contribution in [-0.4, -0.2) is 30.4 Å². The van der Waals surface area contributed by atoms with Crippen LogP contribution in [0.3, 0.4) is 0 Å². The highest BCUT2D eigenvalue weighted by Crippen LogP contribution is 2.34. The minimum atomic E-state index is -4.80. The van der Waals surface area contributed by atoms with Crippen molar-refractivity contribution in [1.29, 1.82) is 0 Å². The highest BCUT2D eigenvalue weighted by molar-refractivity contribution is 6.08. The molecule has 13 heteroatoms. The number of halogens is 3. The molecule has 0 fully saturated rings. The van der Waals surface area contributed by atoms with Crippen molar-refractivity contribution in [3.8, 4) is 22.8 Å². The molecule has 1 amide bonds. The number of non-ortho nitro benzene ring substituents is 1. The minimum absolute atomic E-state index is 0.00260. The van der Waals surface area contributed by atoms with Crippen LogP contribution >= 0.6 is 0 Å². The molecular weight excluding hydrogens is 541 g/mol. The summed E-state index contributed by atoms with van der Waals surface area (Å²) in [5.74, 6) is -0.321. The summed E-state index contributed by atoms with van der Waals surface area (Å²) in [6.45, 7) is 3.99. The molecule has 0 aliphatic carbocycles. The number of carbonyl (C=O) groups excluding carboxylic acids is 1. The first kappa shape index (κ1) is 27.2. The number of nitro benzene ring substituents is 1. The number of nitro groups is 1. The summed E-state index contributed by atoms with van der Waals surface area (Å²) < 4.78 is 48.2. The SMILES string of the molecule is CC(C)c1ccc(-c2cc(C(F)(F)F)n3ncc(C(=O)Nc4cc(Oc5cccnc5)cc([N+](=O)[O-])c4)c3n2)cc1. The number of anilines is 1. The van der Waals surface area contributed by atoms with Gasteiger partial charge in [-0.05, 0) is 29.7 Å². The first-order valence-corrected chi connectivity index (χ1v) is 12.2. The Bertz CT molecular complexity index is 1750. The van der Waals surface area contributed by atoms with E-state index in [2.05, 4.69) is 20.4 Å². The lowest BCUT2D eigenvalue weighted by Crippen LogP contribution is -2.16. The van der Waals surface area contributed by atoms with Gasteiger partial charge in [0.05, 0.1) is 34.8 Å². The Balaban J connectivity index is 1.54. The molecule has 0 atom stereocenters. The van der Waals surface area contributed by atoms with E-state index >= 15 is 0 Å². The number of carbonyl (C=O) groups is 1. The average Bonchev–Trinajstić information content (AvgIpc) is 3.36. The van der Waals surface area contributed by atoms with E-state index in [1.807, 2.05) is 13.8 Å². The number of ether oxygens (including phenoxy) is 1. The normalized spacial score (nSPS) is 11.6. The minimum Gasteiger partial charge on any atom is -0.455 e. The van der Waals surface area contributed by atoms with Gasteiger partial charge in [0.25, 0.3) is 11.6 Å². The van der Waals surface area contributed by atoms with Crippen LogP contribution in [0.4, 0.5) is 24.5 Å². The van der Waals surface area contributed by atoms with Crippen molar-refractivity contribution < 1.29 is 27.6 Å². The van der Waals surface area contributed by atoms with E-state index in [9.17, 15) is 28.1 Å². The maximum Gasteiger partial charge on any atom is 0.433 e. The fraction of sp³-hybridized carbons (Fsp3) is 0.143. The number of hydrogen-bond acceptors (Lipinski definition) is 7. The zero-order valence-corrected chi connectivity index (χ0v) is 21.6. The van der Waals surface area contributed by atoms with Crippen molar-refractivity contribution in [2.75, 3.05) is 5.32 Å². The van der Waals surface area contributed by atoms with Gasteiger partial charge in [0, 0.05) is 23.9 Å². The molecule has 41 heavy (non-hydrogen) atoms. The number of nitrogens with zero attached hydrogens (tertiary/aromatic N) is 5. The molecular formula is C28H21F3N6O4. The highest BCUT2D eigenvalue weighted by atomic mass is 19.4. The summed E-state index contributed by atoms with van der Waals surface area (Å²) in [5, 5.41) is 17.8. The highest BCUT2D eigenvalue weighted by Gasteiger charge is 2.36. The summed E-state index contributed by atoms with van der Waals surface area (Å²) >= 11 is 0. The zero-order valence-electron chi connectivity index (χ0n) is 21.6. The van der Waals surface area contributed by atoms with Gasteiger partial charge >= 0.3 is 6.18 Å². The Labute approximate surface area is 230 Å². The summed E-state index contributed by atoms with van der Waals surface area (Å²) in [5.41, 5.74) is -0.714. The second kappa shape index (κ2) is 10.7. The van der Waals surface area contributed by atoms with Crippen molar-refractivity contribution >= 4 is 22.9 Å². The van der Waals surface area contributed by atoms with Crippen molar-refractivity contribution in [2.45, 2.75) is 25.9 Å². The lowest BCUT2D eigenvalue weighted by molar-refractivity contribution is -0.384. The molecule has 1 N–H and O–H groups in total. The predicted molar refractivity (Wildman–Crippen MR) is 143 cm³/mol. The predicted octanol–water partition coefficient (Wildman–Crippen LogP) is 6.89. The van der Waals surface area contributed by atoms with Crippen LogP contribution < -0.4 is 10.1 Å². The van der Waals surface area contributed by atoms with Crippen molar-refractivity contribution in [3.05, 3.63) is 106 Å². The van der Waals surface area contributed by atoms with Gasteiger partial charge in [-0.15, -0.1) is 0 Å². The number of fused-ring (bicyclic) bond motifs is 1. The summed E-state index contributed by atoms with van der Waals surface area (Å²) in [4.78, 5) is 32.3. The number of pyridine rings is 1. The first-order valence-electron chi connectivity index (χ1n) is 12.2. The van der Waals surface area contributed by atoms with Gasteiger partial charge in [0.2, 0.25) is 0 Å². The fourth-order valence-electron chi connectivity index (χ4n) is 4.07. The summed E-state index contributed by atoms with van der Waals surface area (Å²) in [6.07, 6.45) is -0.921. The quantitative estimate of drug-likeness (QED) is 0.169. The van der Waals surface area contributed by atoms with E-state index in [0.717, 1.165) is 30.0 Å². The van der Waals surface area contributed by atoms with E-state index in [1.165, 1.54) is 18.5 Å². The van der Waals surface area contributed by atoms with Gasteiger partial charge in [-0.1, -0.05) is 38.1 Å². The molecule has 0 radical (unpaired) electrons. The summed E-state index contributed by atoms with van der Waals surface area (Å²) in [6, 6.07) is 14.6. The lowest BCUT2D eigenvalue weighted by atomic mass is 10.0. The third-order valence-electron chi connectivity index (χ3n) is 6.11. The van der Waals surface area contributed by atoms with Gasteiger partial charge in [0.1, 0.15) is 17.1 Å². The Morgan fingerprint density at radius 1 is 1.05 bits per heavy atom. The number of amides is 1. The maximum absolute atomic E-state index is 14.0. The van der Waals surface area contributed by atoms with Gasteiger partial charge in [0.15, 0.2) is 11.3 Å². The van der Waals surface area contributed by atoms with Gasteiger partial charge in [-0.25, -0.2) is 9.50 Å². The van der Waals surface area contributed by atoms with Crippen LogP contribution in [0.2, 0.25) is 0 Å². The largest absolute Gasteiger partial charge is 0.455 e. The van der Waals surface area contributed by atoms with Crippen molar-refractivity contribution in [3.63, 3.8) is 0 Å². The fourth-order valence-corrected chi connectivity index (χ4v) is 4.07.